The summed E-state index contributed by atoms with van der Waals surface area (Å²) in [6, 6.07) is 28.9. The third kappa shape index (κ3) is 3.57. The van der Waals surface area contributed by atoms with Crippen LogP contribution in [0.4, 0.5) is 0 Å². The maximum atomic E-state index is 13.0. The van der Waals surface area contributed by atoms with Crippen LogP contribution in [0.25, 0.3) is 20.9 Å². The topological polar surface area (TPSA) is 85.3 Å². The summed E-state index contributed by atoms with van der Waals surface area (Å²) in [5.74, 6) is -0.233. The summed E-state index contributed by atoms with van der Waals surface area (Å²) >= 11 is 7.73. The minimum Gasteiger partial charge on any atom is -0.440 e. The standard InChI is InChI=1S/C29H17ClN2O3S/c30-26-21-9-3-4-11-24(21)36-27(26)29(33)34-17-12-13-20-23(14-17)35-28(32)22(15-31)25(20)19-10-5-7-16-6-1-2-8-18(16)19/h1-14,25H,32H2. The van der Waals surface area contributed by atoms with Gasteiger partial charge in [-0.05, 0) is 28.5 Å². The lowest BCUT2D eigenvalue weighted by atomic mass is 9.81. The Morgan fingerprint density at radius 3 is 2.53 bits per heavy atom. The predicted molar refractivity (Wildman–Crippen MR) is 141 cm³/mol. The van der Waals surface area contributed by atoms with Gasteiger partial charge in [0.25, 0.3) is 0 Å². The number of carbonyl (C=O) groups excluding carboxylic acids is 1. The second kappa shape index (κ2) is 8.72. The lowest BCUT2D eigenvalue weighted by Gasteiger charge is -2.27. The molecule has 0 amide bonds. The number of benzene rings is 4. The molecule has 0 saturated carbocycles. The normalized spacial score (nSPS) is 14.8. The molecule has 1 aliphatic rings. The van der Waals surface area contributed by atoms with Gasteiger partial charge >= 0.3 is 5.97 Å². The van der Waals surface area contributed by atoms with Crippen molar-refractivity contribution in [3.8, 4) is 17.6 Å². The second-order valence-corrected chi connectivity index (χ2v) is 9.75. The fourth-order valence-electron chi connectivity index (χ4n) is 4.62. The van der Waals surface area contributed by atoms with Gasteiger partial charge in [-0.2, -0.15) is 5.26 Å². The van der Waals surface area contributed by atoms with Crippen molar-refractivity contribution in [2.24, 2.45) is 5.73 Å². The number of carbonyl (C=O) groups is 1. The summed E-state index contributed by atoms with van der Waals surface area (Å²) < 4.78 is 12.4. The second-order valence-electron chi connectivity index (χ2n) is 8.32. The molecule has 0 saturated heterocycles. The number of esters is 1. The van der Waals surface area contributed by atoms with E-state index < -0.39 is 11.9 Å². The van der Waals surface area contributed by atoms with Crippen molar-refractivity contribution in [2.75, 3.05) is 0 Å². The van der Waals surface area contributed by atoms with Crippen LogP contribution in [0.1, 0.15) is 26.7 Å². The van der Waals surface area contributed by atoms with E-state index in [1.54, 1.807) is 18.2 Å². The Kier molecular flexibility index (Phi) is 5.37. The molecule has 5 nitrogen and oxygen atoms in total. The molecule has 2 heterocycles. The smallest absolute Gasteiger partial charge is 0.355 e. The minimum absolute atomic E-state index is 0.0268. The summed E-state index contributed by atoms with van der Waals surface area (Å²) in [5.41, 5.74) is 8.23. The molecule has 2 N–H and O–H groups in total. The van der Waals surface area contributed by atoms with E-state index in [1.807, 2.05) is 66.7 Å². The van der Waals surface area contributed by atoms with Crippen LogP contribution < -0.4 is 15.2 Å². The van der Waals surface area contributed by atoms with Gasteiger partial charge in [0, 0.05) is 21.7 Å². The van der Waals surface area contributed by atoms with Crippen LogP contribution in [0.3, 0.4) is 0 Å². The van der Waals surface area contributed by atoms with Gasteiger partial charge in [-0.25, -0.2) is 4.79 Å². The Balaban J connectivity index is 1.40. The predicted octanol–water partition coefficient (Wildman–Crippen LogP) is 7.15. The van der Waals surface area contributed by atoms with Gasteiger partial charge in [0.15, 0.2) is 0 Å². The molecule has 1 aromatic heterocycles. The Morgan fingerprint density at radius 1 is 0.972 bits per heavy atom. The van der Waals surface area contributed by atoms with E-state index in [0.29, 0.717) is 21.2 Å². The molecule has 0 bridgehead atoms. The lowest BCUT2D eigenvalue weighted by Crippen LogP contribution is -2.21. The van der Waals surface area contributed by atoms with E-state index in [9.17, 15) is 10.1 Å². The summed E-state index contributed by atoms with van der Waals surface area (Å²) in [5, 5.41) is 13.2. The van der Waals surface area contributed by atoms with E-state index >= 15 is 0 Å². The van der Waals surface area contributed by atoms with Crippen molar-refractivity contribution < 1.29 is 14.3 Å². The number of nitrogens with two attached hydrogens (primary N) is 1. The molecule has 1 unspecified atom stereocenters. The van der Waals surface area contributed by atoms with Crippen LogP contribution in [-0.4, -0.2) is 5.97 Å². The molecule has 4 aromatic carbocycles. The SMILES string of the molecule is N#CC1=C(N)Oc2cc(OC(=O)c3sc4ccccc4c3Cl)ccc2C1c1cccc2ccccc12. The number of fused-ring (bicyclic) bond motifs is 3. The fraction of sp³-hybridized carbons (Fsp3) is 0.0345. The lowest BCUT2D eigenvalue weighted by molar-refractivity contribution is 0.0740. The molecule has 7 heteroatoms. The van der Waals surface area contributed by atoms with Crippen LogP contribution in [0, 0.1) is 11.3 Å². The molecule has 1 aliphatic heterocycles. The molecule has 1 atom stereocenters. The fourth-order valence-corrected chi connectivity index (χ4v) is 6.00. The van der Waals surface area contributed by atoms with Crippen molar-refractivity contribution >= 4 is 49.8 Å². The molecule has 36 heavy (non-hydrogen) atoms. The first kappa shape index (κ1) is 22.2. The van der Waals surface area contributed by atoms with E-state index in [1.165, 1.54) is 11.3 Å². The number of hydrogen-bond donors (Lipinski definition) is 1. The zero-order valence-corrected chi connectivity index (χ0v) is 20.3. The molecule has 0 aliphatic carbocycles. The number of allylic oxidation sites excluding steroid dienone is 1. The van der Waals surface area contributed by atoms with Crippen molar-refractivity contribution in [3.63, 3.8) is 0 Å². The van der Waals surface area contributed by atoms with E-state index in [4.69, 9.17) is 26.8 Å². The average Bonchev–Trinajstić information content (AvgIpc) is 3.24. The third-order valence-electron chi connectivity index (χ3n) is 6.26. The van der Waals surface area contributed by atoms with E-state index in [2.05, 4.69) is 6.07 Å². The van der Waals surface area contributed by atoms with Crippen LogP contribution in [0.2, 0.25) is 5.02 Å². The Morgan fingerprint density at radius 2 is 1.72 bits per heavy atom. The van der Waals surface area contributed by atoms with E-state index in [-0.39, 0.29) is 11.6 Å². The molecule has 0 spiro atoms. The average molecular weight is 509 g/mol. The number of rotatable bonds is 3. The zero-order chi connectivity index (χ0) is 24.8. The highest BCUT2D eigenvalue weighted by molar-refractivity contribution is 7.21. The summed E-state index contributed by atoms with van der Waals surface area (Å²) in [6.45, 7) is 0. The molecule has 0 fully saturated rings. The zero-order valence-electron chi connectivity index (χ0n) is 18.7. The van der Waals surface area contributed by atoms with Crippen molar-refractivity contribution in [2.45, 2.75) is 5.92 Å². The number of hydrogen-bond acceptors (Lipinski definition) is 6. The van der Waals surface area contributed by atoms with Crippen molar-refractivity contribution in [3.05, 3.63) is 117 Å². The van der Waals surface area contributed by atoms with Crippen LogP contribution in [-0.2, 0) is 0 Å². The van der Waals surface area contributed by atoms with Crippen LogP contribution in [0.15, 0.2) is 96.4 Å². The number of thiophene rings is 1. The molecular weight excluding hydrogens is 492 g/mol. The quantitative estimate of drug-likeness (QED) is 0.207. The molecule has 0 radical (unpaired) electrons. The number of nitriles is 1. The number of nitrogens with zero attached hydrogens (tertiary/aromatic N) is 1. The van der Waals surface area contributed by atoms with E-state index in [0.717, 1.165) is 32.0 Å². The number of halogens is 1. The molecule has 174 valence electrons. The number of ether oxygens (including phenoxy) is 2. The Bertz CT molecular complexity index is 1760. The van der Waals surface area contributed by atoms with Gasteiger partial charge in [0.2, 0.25) is 5.88 Å². The van der Waals surface area contributed by atoms with Crippen molar-refractivity contribution in [1.82, 2.24) is 0 Å². The summed E-state index contributed by atoms with van der Waals surface area (Å²) in [7, 11) is 0. The van der Waals surface area contributed by atoms with Gasteiger partial charge in [-0.15, -0.1) is 11.3 Å². The minimum atomic E-state index is -0.552. The first-order chi connectivity index (χ1) is 17.5. The van der Waals surface area contributed by atoms with Crippen LogP contribution in [0.5, 0.6) is 11.5 Å². The van der Waals surface area contributed by atoms with Gasteiger partial charge in [-0.3, -0.25) is 0 Å². The molecule has 6 rings (SSSR count). The maximum Gasteiger partial charge on any atom is 0.355 e. The molecule has 5 aromatic rings. The summed E-state index contributed by atoms with van der Waals surface area (Å²) in [6.07, 6.45) is 0. The highest BCUT2D eigenvalue weighted by Gasteiger charge is 2.32. The van der Waals surface area contributed by atoms with Gasteiger partial charge in [-0.1, -0.05) is 78.3 Å². The first-order valence-electron chi connectivity index (χ1n) is 11.1. The van der Waals surface area contributed by atoms with Gasteiger partial charge in [0.1, 0.15) is 28.0 Å². The first-order valence-corrected chi connectivity index (χ1v) is 12.3. The highest BCUT2D eigenvalue weighted by atomic mass is 35.5. The van der Waals surface area contributed by atoms with Crippen LogP contribution >= 0.6 is 22.9 Å². The van der Waals surface area contributed by atoms with Gasteiger partial charge < -0.3 is 15.2 Å². The van der Waals surface area contributed by atoms with Crippen molar-refractivity contribution in [1.29, 1.82) is 5.26 Å². The summed E-state index contributed by atoms with van der Waals surface area (Å²) in [4.78, 5) is 13.3. The largest absolute Gasteiger partial charge is 0.440 e. The monoisotopic (exact) mass is 508 g/mol. The maximum absolute atomic E-state index is 13.0. The third-order valence-corrected chi connectivity index (χ3v) is 7.91. The highest BCUT2D eigenvalue weighted by Crippen LogP contribution is 2.45. The Labute approximate surface area is 215 Å². The Hall–Kier alpha value is -4.31. The molecular formula is C29H17ClN2O3S. The van der Waals surface area contributed by atoms with Gasteiger partial charge in [0.05, 0.1) is 10.9 Å².